The van der Waals surface area contributed by atoms with E-state index in [1.54, 1.807) is 29.2 Å². The van der Waals surface area contributed by atoms with E-state index in [0.29, 0.717) is 24.3 Å². The van der Waals surface area contributed by atoms with Crippen molar-refractivity contribution in [3.63, 3.8) is 0 Å². The summed E-state index contributed by atoms with van der Waals surface area (Å²) in [7, 11) is 0. The lowest BCUT2D eigenvalue weighted by Gasteiger charge is -2.18. The number of hydrogen-bond donors (Lipinski definition) is 2. The van der Waals surface area contributed by atoms with Crippen molar-refractivity contribution in [3.05, 3.63) is 58.9 Å². The number of anilines is 2. The fraction of sp³-hybridized carbons (Fsp3) is 0.263. The predicted molar refractivity (Wildman–Crippen MR) is 102 cm³/mol. The van der Waals surface area contributed by atoms with Crippen LogP contribution in [0.1, 0.15) is 24.2 Å². The Balaban J connectivity index is 1.92. The lowest BCUT2D eigenvalue weighted by atomic mass is 10.1. The first-order valence-corrected chi connectivity index (χ1v) is 8.70. The molecular formula is C19H21ClFN3O2. The van der Waals surface area contributed by atoms with Crippen LogP contribution in [-0.4, -0.2) is 36.3 Å². The van der Waals surface area contributed by atoms with E-state index in [2.05, 4.69) is 10.6 Å². The molecule has 0 aliphatic heterocycles. The molecule has 0 saturated carbocycles. The van der Waals surface area contributed by atoms with Gasteiger partial charge in [0, 0.05) is 29.4 Å². The number of nitrogens with zero attached hydrogens (tertiary/aromatic N) is 1. The molecule has 0 bridgehead atoms. The van der Waals surface area contributed by atoms with Crippen molar-refractivity contribution in [2.24, 2.45) is 0 Å². The van der Waals surface area contributed by atoms with Gasteiger partial charge in [-0.3, -0.25) is 9.59 Å². The number of amides is 2. The van der Waals surface area contributed by atoms with Crippen molar-refractivity contribution in [1.82, 2.24) is 4.90 Å². The Bertz CT molecular complexity index is 777. The van der Waals surface area contributed by atoms with Crippen molar-refractivity contribution in [2.75, 3.05) is 30.3 Å². The van der Waals surface area contributed by atoms with Crippen LogP contribution in [0.25, 0.3) is 0 Å². The maximum atomic E-state index is 13.7. The molecule has 2 aromatic rings. The number of carbonyl (C=O) groups is 2. The number of halogens is 2. The highest BCUT2D eigenvalue weighted by atomic mass is 35.5. The summed E-state index contributed by atoms with van der Waals surface area (Å²) in [5.74, 6) is -0.903. The largest absolute Gasteiger partial charge is 0.374 e. The van der Waals surface area contributed by atoms with Crippen molar-refractivity contribution in [2.45, 2.75) is 13.8 Å². The number of nitrogens with one attached hydrogen (secondary N) is 2. The summed E-state index contributed by atoms with van der Waals surface area (Å²) in [6.45, 7) is 5.03. The molecular weight excluding hydrogens is 357 g/mol. The number of carbonyl (C=O) groups excluding carboxylic acids is 2. The molecule has 2 N–H and O–H groups in total. The molecule has 2 aromatic carbocycles. The predicted octanol–water partition coefficient (Wildman–Crippen LogP) is 4.01. The van der Waals surface area contributed by atoms with Gasteiger partial charge in [0.25, 0.3) is 5.91 Å². The SMILES string of the molecule is CCN(CC)C(=O)c1ccc(NC(=O)CNc2ccc(Cl)cc2F)cc1. The van der Waals surface area contributed by atoms with Crippen LogP contribution in [-0.2, 0) is 4.79 Å². The fourth-order valence-corrected chi connectivity index (χ4v) is 2.56. The first-order chi connectivity index (χ1) is 12.4. The van der Waals surface area contributed by atoms with E-state index >= 15 is 0 Å². The van der Waals surface area contributed by atoms with Gasteiger partial charge in [-0.15, -0.1) is 0 Å². The maximum Gasteiger partial charge on any atom is 0.253 e. The van der Waals surface area contributed by atoms with E-state index < -0.39 is 5.82 Å². The molecule has 0 spiro atoms. The third-order valence-corrected chi connectivity index (χ3v) is 4.07. The zero-order valence-electron chi connectivity index (χ0n) is 14.7. The van der Waals surface area contributed by atoms with E-state index in [9.17, 15) is 14.0 Å². The van der Waals surface area contributed by atoms with Crippen LogP contribution in [0.15, 0.2) is 42.5 Å². The Morgan fingerprint density at radius 1 is 1.08 bits per heavy atom. The highest BCUT2D eigenvalue weighted by molar-refractivity contribution is 6.30. The zero-order valence-corrected chi connectivity index (χ0v) is 15.4. The molecule has 0 unspecified atom stereocenters. The second-order valence-electron chi connectivity index (χ2n) is 5.58. The van der Waals surface area contributed by atoms with Gasteiger partial charge in [-0.1, -0.05) is 11.6 Å². The molecule has 0 atom stereocenters. The first-order valence-electron chi connectivity index (χ1n) is 8.32. The molecule has 0 aliphatic rings. The Morgan fingerprint density at radius 2 is 1.73 bits per heavy atom. The molecule has 7 heteroatoms. The molecule has 26 heavy (non-hydrogen) atoms. The number of benzene rings is 2. The molecule has 5 nitrogen and oxygen atoms in total. The molecule has 0 aromatic heterocycles. The average molecular weight is 378 g/mol. The monoisotopic (exact) mass is 377 g/mol. The Morgan fingerprint density at radius 3 is 2.31 bits per heavy atom. The quantitative estimate of drug-likeness (QED) is 0.766. The van der Waals surface area contributed by atoms with Gasteiger partial charge >= 0.3 is 0 Å². The summed E-state index contributed by atoms with van der Waals surface area (Å²) in [6.07, 6.45) is 0. The Labute approximate surface area is 157 Å². The minimum atomic E-state index is -0.524. The van der Waals surface area contributed by atoms with E-state index in [1.165, 1.54) is 18.2 Å². The minimum absolute atomic E-state index is 0.0484. The van der Waals surface area contributed by atoms with Crippen LogP contribution in [0.5, 0.6) is 0 Å². The van der Waals surface area contributed by atoms with E-state index in [4.69, 9.17) is 11.6 Å². The summed E-state index contributed by atoms with van der Waals surface area (Å²) < 4.78 is 13.7. The normalized spacial score (nSPS) is 10.3. The summed E-state index contributed by atoms with van der Waals surface area (Å²) in [5.41, 5.74) is 1.32. The highest BCUT2D eigenvalue weighted by Crippen LogP contribution is 2.18. The van der Waals surface area contributed by atoms with E-state index in [0.717, 1.165) is 0 Å². The zero-order chi connectivity index (χ0) is 19.1. The standard InChI is InChI=1S/C19H21ClFN3O2/c1-3-24(4-2)19(26)13-5-8-15(9-6-13)23-18(25)12-22-17-10-7-14(20)11-16(17)21/h5-11,22H,3-4,12H2,1-2H3,(H,23,25). The fourth-order valence-electron chi connectivity index (χ4n) is 2.40. The van der Waals surface area contributed by atoms with Crippen molar-refractivity contribution >= 4 is 34.8 Å². The van der Waals surface area contributed by atoms with Crippen LogP contribution in [0, 0.1) is 5.82 Å². The van der Waals surface area contributed by atoms with Crippen LogP contribution in [0.2, 0.25) is 5.02 Å². The average Bonchev–Trinajstić information content (AvgIpc) is 2.62. The second-order valence-corrected chi connectivity index (χ2v) is 6.02. The molecule has 0 saturated heterocycles. The van der Waals surface area contributed by atoms with Gasteiger partial charge in [-0.25, -0.2) is 4.39 Å². The number of hydrogen-bond acceptors (Lipinski definition) is 3. The van der Waals surface area contributed by atoms with Gasteiger partial charge in [0.1, 0.15) is 5.82 Å². The maximum absolute atomic E-state index is 13.7. The van der Waals surface area contributed by atoms with Crippen LogP contribution in [0.3, 0.4) is 0 Å². The number of rotatable bonds is 7. The summed E-state index contributed by atoms with van der Waals surface area (Å²) in [6, 6.07) is 10.8. The highest BCUT2D eigenvalue weighted by Gasteiger charge is 2.12. The topological polar surface area (TPSA) is 61.4 Å². The van der Waals surface area contributed by atoms with E-state index in [-0.39, 0.29) is 29.1 Å². The molecule has 0 fully saturated rings. The van der Waals surface area contributed by atoms with Crippen LogP contribution in [0.4, 0.5) is 15.8 Å². The molecule has 2 rings (SSSR count). The third kappa shape index (κ3) is 5.20. The smallest absolute Gasteiger partial charge is 0.253 e. The molecule has 2 amide bonds. The van der Waals surface area contributed by atoms with Gasteiger partial charge in [-0.05, 0) is 56.3 Å². The van der Waals surface area contributed by atoms with E-state index in [1.807, 2.05) is 13.8 Å². The molecule has 0 heterocycles. The van der Waals surface area contributed by atoms with Gasteiger partial charge in [-0.2, -0.15) is 0 Å². The summed E-state index contributed by atoms with van der Waals surface area (Å²) in [5, 5.41) is 5.69. The second kappa shape index (κ2) is 9.20. The Kier molecular flexibility index (Phi) is 6.97. The van der Waals surface area contributed by atoms with Crippen molar-refractivity contribution in [3.8, 4) is 0 Å². The van der Waals surface area contributed by atoms with Gasteiger partial charge in [0.15, 0.2) is 0 Å². The molecule has 0 radical (unpaired) electrons. The van der Waals surface area contributed by atoms with Gasteiger partial charge in [0.2, 0.25) is 5.91 Å². The summed E-state index contributed by atoms with van der Waals surface area (Å²) >= 11 is 5.69. The third-order valence-electron chi connectivity index (χ3n) is 3.84. The first kappa shape index (κ1) is 19.7. The molecule has 138 valence electrons. The lowest BCUT2D eigenvalue weighted by Crippen LogP contribution is -2.30. The lowest BCUT2D eigenvalue weighted by molar-refractivity contribution is -0.114. The van der Waals surface area contributed by atoms with Crippen molar-refractivity contribution in [1.29, 1.82) is 0 Å². The van der Waals surface area contributed by atoms with Gasteiger partial charge < -0.3 is 15.5 Å². The Hall–Kier alpha value is -2.60. The summed E-state index contributed by atoms with van der Waals surface area (Å²) in [4.78, 5) is 25.9. The van der Waals surface area contributed by atoms with Gasteiger partial charge in [0.05, 0.1) is 12.2 Å². The minimum Gasteiger partial charge on any atom is -0.374 e. The van der Waals surface area contributed by atoms with Crippen molar-refractivity contribution < 1.29 is 14.0 Å². The van der Waals surface area contributed by atoms with Crippen LogP contribution >= 0.6 is 11.6 Å². The van der Waals surface area contributed by atoms with Crippen LogP contribution < -0.4 is 10.6 Å². The molecule has 0 aliphatic carbocycles.